The van der Waals surface area contributed by atoms with Crippen molar-refractivity contribution in [3.8, 4) is 22.6 Å². The smallest absolute Gasteiger partial charge is 0.295 e. The lowest BCUT2D eigenvalue weighted by Gasteiger charge is -2.12. The van der Waals surface area contributed by atoms with Crippen molar-refractivity contribution in [3.05, 3.63) is 92.1 Å². The van der Waals surface area contributed by atoms with Crippen molar-refractivity contribution in [1.82, 2.24) is 0 Å². The lowest BCUT2D eigenvalue weighted by molar-refractivity contribution is 0.480. The quantitative estimate of drug-likeness (QED) is 0.0384. The number of hydrogen-bond donors (Lipinski definition) is 6. The van der Waals surface area contributed by atoms with Crippen LogP contribution in [-0.4, -0.2) is 36.2 Å². The average molecular weight is 937 g/mol. The molecule has 0 heterocycles. The fourth-order valence-electron chi connectivity index (χ4n) is 5.21. The molecule has 0 fully saturated rings. The molecule has 0 unspecified atom stereocenters. The normalized spacial score (nSPS) is 12.5. The second-order valence-electron chi connectivity index (χ2n) is 10.7. The molecule has 0 aliphatic rings. The van der Waals surface area contributed by atoms with Gasteiger partial charge in [-0.05, 0) is 117 Å². The number of phenols is 2. The zero-order valence-electron chi connectivity index (χ0n) is 25.0. The standard InChI is InChI=1S/C32H22I2N6O8S2/c33-19-13-23(31(41)29-21(35)9-11-25(27(19)29)49(43,44)45)39-37-17-5-1-15(2-6-17)16-3-7-18(8-4-16)38-40-24-14-20(34)28-26(50(46,47)48)12-10-22(36)30(28)32(24)42/h1-14,41-42H,35-36H2,(H,43,44,45)(H,46,47,48)/b39-37+,40-38+. The Labute approximate surface area is 311 Å². The number of nitrogen functional groups attached to an aromatic ring is 2. The van der Waals surface area contributed by atoms with Crippen molar-refractivity contribution in [2.24, 2.45) is 20.5 Å². The minimum Gasteiger partial charge on any atom is -0.505 e. The first-order valence-corrected chi connectivity index (χ1v) is 19.0. The Kier molecular flexibility index (Phi) is 9.43. The Balaban J connectivity index is 1.22. The number of aromatic hydroxyl groups is 2. The van der Waals surface area contributed by atoms with Gasteiger partial charge in [0.2, 0.25) is 0 Å². The summed E-state index contributed by atoms with van der Waals surface area (Å²) in [5, 5.41) is 38.7. The Hall–Kier alpha value is -4.48. The molecular weight excluding hydrogens is 914 g/mol. The molecule has 50 heavy (non-hydrogen) atoms. The van der Waals surface area contributed by atoms with E-state index in [-0.39, 0.29) is 65.6 Å². The van der Waals surface area contributed by atoms with Gasteiger partial charge in [-0.1, -0.05) is 24.3 Å². The van der Waals surface area contributed by atoms with E-state index in [1.807, 2.05) is 69.4 Å². The van der Waals surface area contributed by atoms with Crippen molar-refractivity contribution in [2.75, 3.05) is 11.5 Å². The first-order valence-electron chi connectivity index (χ1n) is 14.0. The van der Waals surface area contributed by atoms with E-state index in [4.69, 9.17) is 11.5 Å². The SMILES string of the molecule is Nc1ccc(S(=O)(=O)O)c2c(I)cc(/N=N/c3ccc(-c4ccc(/N=N/c5cc(I)c6c(S(=O)(=O)O)ccc(N)c6c5O)cc4)cc3)c(O)c12. The van der Waals surface area contributed by atoms with Gasteiger partial charge in [0.05, 0.1) is 22.1 Å². The summed E-state index contributed by atoms with van der Waals surface area (Å²) >= 11 is 3.74. The summed E-state index contributed by atoms with van der Waals surface area (Å²) in [7, 11) is -9.17. The van der Waals surface area contributed by atoms with E-state index in [0.29, 0.717) is 18.5 Å². The third-order valence-corrected chi connectivity index (χ3v) is 11.0. The number of anilines is 2. The van der Waals surface area contributed by atoms with Crippen LogP contribution < -0.4 is 11.5 Å². The van der Waals surface area contributed by atoms with Crippen LogP contribution in [0.2, 0.25) is 0 Å². The topological polar surface area (TPSA) is 251 Å². The number of halogens is 2. The predicted octanol–water partition coefficient (Wildman–Crippen LogP) is 8.77. The third-order valence-electron chi connectivity index (χ3n) is 7.53. The lowest BCUT2D eigenvalue weighted by Crippen LogP contribution is -2.02. The maximum atomic E-state index is 11.9. The Morgan fingerprint density at radius 3 is 1.16 bits per heavy atom. The molecule has 0 saturated heterocycles. The molecule has 18 heteroatoms. The van der Waals surface area contributed by atoms with Crippen molar-refractivity contribution in [3.63, 3.8) is 0 Å². The van der Waals surface area contributed by atoms with E-state index in [9.17, 15) is 36.2 Å². The molecule has 254 valence electrons. The van der Waals surface area contributed by atoms with Gasteiger partial charge in [-0.25, -0.2) is 0 Å². The van der Waals surface area contributed by atoms with E-state index in [0.717, 1.165) is 23.3 Å². The van der Waals surface area contributed by atoms with Crippen LogP contribution in [0, 0.1) is 7.14 Å². The van der Waals surface area contributed by atoms with Crippen LogP contribution in [-0.2, 0) is 20.2 Å². The Bertz CT molecular complexity index is 2470. The zero-order valence-corrected chi connectivity index (χ0v) is 31.0. The largest absolute Gasteiger partial charge is 0.505 e. The number of hydrogen-bond acceptors (Lipinski definition) is 12. The van der Waals surface area contributed by atoms with Crippen LogP contribution in [0.15, 0.2) is 115 Å². The number of phenolic OH excluding ortho intramolecular Hbond substituents is 2. The minimum absolute atomic E-state index is 0.0297. The van der Waals surface area contributed by atoms with E-state index < -0.39 is 20.2 Å². The molecule has 8 N–H and O–H groups in total. The van der Waals surface area contributed by atoms with Gasteiger partial charge in [-0.15, -0.1) is 10.2 Å². The molecule has 0 saturated carbocycles. The van der Waals surface area contributed by atoms with Crippen LogP contribution >= 0.6 is 45.2 Å². The molecule has 6 rings (SSSR count). The maximum absolute atomic E-state index is 11.9. The van der Waals surface area contributed by atoms with Crippen LogP contribution in [0.3, 0.4) is 0 Å². The molecule has 0 aliphatic carbocycles. The van der Waals surface area contributed by atoms with Gasteiger partial charge in [0, 0.05) is 29.3 Å². The maximum Gasteiger partial charge on any atom is 0.295 e. The summed E-state index contributed by atoms with van der Waals surface area (Å²) in [5.74, 6) is -0.774. The molecule has 0 radical (unpaired) electrons. The van der Waals surface area contributed by atoms with Gasteiger partial charge >= 0.3 is 0 Å². The van der Waals surface area contributed by atoms with Gasteiger partial charge in [-0.3, -0.25) is 9.11 Å². The number of fused-ring (bicyclic) bond motifs is 2. The van der Waals surface area contributed by atoms with Crippen LogP contribution in [0.25, 0.3) is 32.7 Å². The zero-order chi connectivity index (χ0) is 36.1. The molecule has 0 amide bonds. The van der Waals surface area contributed by atoms with Crippen LogP contribution in [0.5, 0.6) is 11.5 Å². The Morgan fingerprint density at radius 1 is 0.500 bits per heavy atom. The summed E-state index contributed by atoms with van der Waals surface area (Å²) in [5.41, 5.74) is 15.0. The molecule has 6 aromatic rings. The summed E-state index contributed by atoms with van der Waals surface area (Å²) in [6.07, 6.45) is 0. The fraction of sp³-hybridized carbons (Fsp3) is 0. The van der Waals surface area contributed by atoms with E-state index in [1.54, 1.807) is 24.3 Å². The molecule has 6 aromatic carbocycles. The highest BCUT2D eigenvalue weighted by Gasteiger charge is 2.23. The summed E-state index contributed by atoms with van der Waals surface area (Å²) < 4.78 is 67.6. The second kappa shape index (κ2) is 13.3. The van der Waals surface area contributed by atoms with Gasteiger partial charge in [0.25, 0.3) is 20.2 Å². The molecule has 0 atom stereocenters. The van der Waals surface area contributed by atoms with Crippen molar-refractivity contribution >= 4 is 121 Å². The van der Waals surface area contributed by atoms with Gasteiger partial charge in [0.1, 0.15) is 21.2 Å². The number of rotatable bonds is 7. The second-order valence-corrected chi connectivity index (χ2v) is 15.8. The van der Waals surface area contributed by atoms with Gasteiger partial charge < -0.3 is 21.7 Å². The molecule has 0 spiro atoms. The number of azo groups is 2. The average Bonchev–Trinajstić information content (AvgIpc) is 3.06. The number of benzene rings is 6. The first kappa shape index (κ1) is 35.3. The highest BCUT2D eigenvalue weighted by molar-refractivity contribution is 14.1. The first-order chi connectivity index (χ1) is 23.5. The van der Waals surface area contributed by atoms with Gasteiger partial charge in [-0.2, -0.15) is 27.1 Å². The molecule has 14 nitrogen and oxygen atoms in total. The summed E-state index contributed by atoms with van der Waals surface area (Å²) in [4.78, 5) is -0.777. The monoisotopic (exact) mass is 936 g/mol. The van der Waals surface area contributed by atoms with Crippen molar-refractivity contribution in [1.29, 1.82) is 0 Å². The van der Waals surface area contributed by atoms with E-state index in [2.05, 4.69) is 20.5 Å². The summed E-state index contributed by atoms with van der Waals surface area (Å²) in [6.45, 7) is 0. The predicted molar refractivity (Wildman–Crippen MR) is 205 cm³/mol. The van der Waals surface area contributed by atoms with E-state index >= 15 is 0 Å². The molecule has 0 aliphatic heterocycles. The van der Waals surface area contributed by atoms with E-state index in [1.165, 1.54) is 24.3 Å². The lowest BCUT2D eigenvalue weighted by atomic mass is 10.1. The Morgan fingerprint density at radius 2 is 0.840 bits per heavy atom. The summed E-state index contributed by atoms with van der Waals surface area (Å²) in [6, 6.07) is 21.8. The van der Waals surface area contributed by atoms with Gasteiger partial charge in [0.15, 0.2) is 11.5 Å². The molecular formula is C32H22I2N6O8S2. The molecule has 0 bridgehead atoms. The highest BCUT2D eigenvalue weighted by atomic mass is 127. The van der Waals surface area contributed by atoms with Crippen molar-refractivity contribution < 1.29 is 36.2 Å². The number of nitrogens with zero attached hydrogens (tertiary/aromatic N) is 4. The number of nitrogens with two attached hydrogens (primary N) is 2. The van der Waals surface area contributed by atoms with Crippen LogP contribution in [0.4, 0.5) is 34.1 Å². The molecule has 0 aromatic heterocycles. The fourth-order valence-corrected chi connectivity index (χ4v) is 8.70. The highest BCUT2D eigenvalue weighted by Crippen LogP contribution is 2.45. The van der Waals surface area contributed by atoms with Crippen LogP contribution in [0.1, 0.15) is 0 Å². The van der Waals surface area contributed by atoms with Crippen molar-refractivity contribution in [2.45, 2.75) is 9.79 Å². The minimum atomic E-state index is -4.58. The third kappa shape index (κ3) is 6.81.